The van der Waals surface area contributed by atoms with E-state index in [1.165, 1.54) is 0 Å². The van der Waals surface area contributed by atoms with Crippen molar-refractivity contribution in [3.05, 3.63) is 12.2 Å². The summed E-state index contributed by atoms with van der Waals surface area (Å²) in [7, 11) is 4.02. The minimum Gasteiger partial charge on any atom is -0.396 e. The summed E-state index contributed by atoms with van der Waals surface area (Å²) >= 11 is 0. The summed E-state index contributed by atoms with van der Waals surface area (Å²) in [5.41, 5.74) is 0. The summed E-state index contributed by atoms with van der Waals surface area (Å²) in [5, 5.41) is 9.37. The van der Waals surface area contributed by atoms with Crippen LogP contribution in [0.2, 0.25) is 0 Å². The summed E-state index contributed by atoms with van der Waals surface area (Å²) in [6.07, 6.45) is 5.94. The van der Waals surface area contributed by atoms with Gasteiger partial charge in [0, 0.05) is 37.6 Å². The van der Waals surface area contributed by atoms with Gasteiger partial charge in [0.05, 0.1) is 0 Å². The number of likely N-dealkylation sites (N-methyl/N-ethyl adjacent to an activating group) is 1. The second-order valence-electron chi connectivity index (χ2n) is 5.36. The van der Waals surface area contributed by atoms with E-state index in [1.807, 2.05) is 19.0 Å². The highest BCUT2D eigenvalue weighted by Gasteiger charge is 2.37. The molecule has 2 aliphatic rings. The second-order valence-corrected chi connectivity index (χ2v) is 5.36. The number of hydrogen-bond acceptors (Lipinski definition) is 3. The maximum absolute atomic E-state index is 12.3. The van der Waals surface area contributed by atoms with Crippen LogP contribution in [0.5, 0.6) is 0 Å². The molecule has 2 rings (SSSR count). The second kappa shape index (κ2) is 5.19. The lowest BCUT2D eigenvalue weighted by Gasteiger charge is -2.24. The molecule has 17 heavy (non-hydrogen) atoms. The maximum Gasteiger partial charge on any atom is 0.226 e. The zero-order chi connectivity index (χ0) is 12.4. The van der Waals surface area contributed by atoms with E-state index in [0.717, 1.165) is 19.4 Å². The molecule has 1 N–H and O–H groups in total. The number of hydrogen-bond donors (Lipinski definition) is 1. The molecule has 0 radical (unpaired) electrons. The van der Waals surface area contributed by atoms with Crippen molar-refractivity contribution in [3.63, 3.8) is 0 Å². The first-order chi connectivity index (χ1) is 8.13. The lowest BCUT2D eigenvalue weighted by atomic mass is 10.0. The molecule has 0 saturated carbocycles. The van der Waals surface area contributed by atoms with Gasteiger partial charge in [0.15, 0.2) is 0 Å². The molecule has 2 atom stereocenters. The van der Waals surface area contributed by atoms with E-state index in [2.05, 4.69) is 17.1 Å². The summed E-state index contributed by atoms with van der Waals surface area (Å²) in [5.74, 6) is 0.608. The first-order valence-corrected chi connectivity index (χ1v) is 6.34. The van der Waals surface area contributed by atoms with Gasteiger partial charge in [-0.3, -0.25) is 4.79 Å². The van der Waals surface area contributed by atoms with Crippen LogP contribution in [0, 0.1) is 11.8 Å². The molecule has 1 fully saturated rings. The number of aliphatic hydroxyl groups excluding tert-OH is 1. The van der Waals surface area contributed by atoms with Crippen molar-refractivity contribution in [2.24, 2.45) is 11.8 Å². The Morgan fingerprint density at radius 1 is 1.35 bits per heavy atom. The fourth-order valence-corrected chi connectivity index (χ4v) is 2.88. The van der Waals surface area contributed by atoms with E-state index in [9.17, 15) is 9.90 Å². The van der Waals surface area contributed by atoms with Crippen molar-refractivity contribution in [3.8, 4) is 0 Å². The van der Waals surface area contributed by atoms with Crippen LogP contribution in [0.3, 0.4) is 0 Å². The molecule has 1 saturated heterocycles. The van der Waals surface area contributed by atoms with E-state index in [1.54, 1.807) is 0 Å². The van der Waals surface area contributed by atoms with Gasteiger partial charge in [-0.05, 0) is 26.9 Å². The quantitative estimate of drug-likeness (QED) is 0.721. The van der Waals surface area contributed by atoms with E-state index in [4.69, 9.17) is 0 Å². The number of rotatable bonds is 3. The Hall–Kier alpha value is -0.870. The average Bonchev–Trinajstić information content (AvgIpc) is 2.97. The first-order valence-electron chi connectivity index (χ1n) is 6.34. The number of allylic oxidation sites excluding steroid dienone is 2. The van der Waals surface area contributed by atoms with E-state index in [-0.39, 0.29) is 24.3 Å². The highest BCUT2D eigenvalue weighted by molar-refractivity contribution is 5.80. The van der Waals surface area contributed by atoms with Crippen molar-refractivity contribution < 1.29 is 9.90 Å². The standard InChI is InChI=1S/C13H22N2O2/c1-14(2)12-8-15(7-11(12)9-16)13(17)10-5-3-4-6-10/h3-4,10-12,16H,5-9H2,1-2H3/t11-,12+/m0/s1. The Kier molecular flexibility index (Phi) is 3.84. The molecule has 0 unspecified atom stereocenters. The third kappa shape index (κ3) is 2.53. The third-order valence-electron chi connectivity index (χ3n) is 3.97. The van der Waals surface area contributed by atoms with Gasteiger partial charge in [0.25, 0.3) is 0 Å². The van der Waals surface area contributed by atoms with Crippen LogP contribution >= 0.6 is 0 Å². The molecule has 96 valence electrons. The molecule has 0 bridgehead atoms. The Morgan fingerprint density at radius 2 is 2.00 bits per heavy atom. The zero-order valence-electron chi connectivity index (χ0n) is 10.7. The summed E-state index contributed by atoms with van der Waals surface area (Å²) in [6, 6.07) is 0.290. The molecular formula is C13H22N2O2. The minimum atomic E-state index is 0.148. The van der Waals surface area contributed by atoms with Gasteiger partial charge in [0.1, 0.15) is 0 Å². The van der Waals surface area contributed by atoms with Crippen molar-refractivity contribution in [1.82, 2.24) is 9.80 Å². The Bertz CT molecular complexity index is 307. The molecule has 0 aromatic heterocycles. The Balaban J connectivity index is 1.97. The van der Waals surface area contributed by atoms with E-state index in [0.29, 0.717) is 12.6 Å². The number of carbonyl (C=O) groups is 1. The number of nitrogens with zero attached hydrogens (tertiary/aromatic N) is 2. The molecule has 0 aromatic rings. The average molecular weight is 238 g/mol. The molecule has 1 heterocycles. The maximum atomic E-state index is 12.3. The van der Waals surface area contributed by atoms with Crippen LogP contribution in [0.1, 0.15) is 12.8 Å². The normalized spacial score (nSPS) is 29.5. The van der Waals surface area contributed by atoms with Crippen LogP contribution < -0.4 is 0 Å². The number of likely N-dealkylation sites (tertiary alicyclic amines) is 1. The van der Waals surface area contributed by atoms with Crippen LogP contribution in [0.25, 0.3) is 0 Å². The van der Waals surface area contributed by atoms with Gasteiger partial charge >= 0.3 is 0 Å². The van der Waals surface area contributed by atoms with Gasteiger partial charge < -0.3 is 14.9 Å². The smallest absolute Gasteiger partial charge is 0.226 e. The summed E-state index contributed by atoms with van der Waals surface area (Å²) < 4.78 is 0. The third-order valence-corrected chi connectivity index (χ3v) is 3.97. The van der Waals surface area contributed by atoms with Crippen LogP contribution in [-0.2, 0) is 4.79 Å². The fourth-order valence-electron chi connectivity index (χ4n) is 2.88. The molecule has 1 aliphatic heterocycles. The van der Waals surface area contributed by atoms with Gasteiger partial charge in [0.2, 0.25) is 5.91 Å². The van der Waals surface area contributed by atoms with Crippen LogP contribution in [0.15, 0.2) is 12.2 Å². The summed E-state index contributed by atoms with van der Waals surface area (Å²) in [4.78, 5) is 16.3. The summed E-state index contributed by atoms with van der Waals surface area (Å²) in [6.45, 7) is 1.62. The van der Waals surface area contributed by atoms with Crippen molar-refractivity contribution >= 4 is 5.91 Å². The van der Waals surface area contributed by atoms with Crippen molar-refractivity contribution in [2.75, 3.05) is 33.8 Å². The predicted molar refractivity (Wildman–Crippen MR) is 66.5 cm³/mol. The predicted octanol–water partition coefficient (Wildman–Crippen LogP) is 0.333. The molecule has 1 amide bonds. The first kappa shape index (κ1) is 12.6. The van der Waals surface area contributed by atoms with Crippen LogP contribution in [-0.4, -0.2) is 60.6 Å². The van der Waals surface area contributed by atoms with Gasteiger partial charge in [-0.1, -0.05) is 12.2 Å². The zero-order valence-corrected chi connectivity index (χ0v) is 10.7. The molecular weight excluding hydrogens is 216 g/mol. The largest absolute Gasteiger partial charge is 0.396 e. The highest BCUT2D eigenvalue weighted by Crippen LogP contribution is 2.26. The van der Waals surface area contributed by atoms with E-state index >= 15 is 0 Å². The lowest BCUT2D eigenvalue weighted by Crippen LogP contribution is -2.38. The molecule has 4 heteroatoms. The molecule has 4 nitrogen and oxygen atoms in total. The van der Waals surface area contributed by atoms with E-state index < -0.39 is 0 Å². The molecule has 0 spiro atoms. The van der Waals surface area contributed by atoms with Gasteiger partial charge in [-0.25, -0.2) is 0 Å². The SMILES string of the molecule is CN(C)[C@@H]1CN(C(=O)C2CC=CC2)C[C@H]1CO. The van der Waals surface area contributed by atoms with Crippen LogP contribution in [0.4, 0.5) is 0 Å². The number of amides is 1. The lowest BCUT2D eigenvalue weighted by molar-refractivity contribution is -0.134. The Morgan fingerprint density at radius 3 is 2.47 bits per heavy atom. The molecule has 1 aliphatic carbocycles. The van der Waals surface area contributed by atoms with Crippen molar-refractivity contribution in [2.45, 2.75) is 18.9 Å². The minimum absolute atomic E-state index is 0.148. The number of carbonyl (C=O) groups excluding carboxylic acids is 1. The Labute approximate surface area is 103 Å². The highest BCUT2D eigenvalue weighted by atomic mass is 16.3. The van der Waals surface area contributed by atoms with Crippen molar-refractivity contribution in [1.29, 1.82) is 0 Å². The molecule has 0 aromatic carbocycles. The monoisotopic (exact) mass is 238 g/mol. The fraction of sp³-hybridized carbons (Fsp3) is 0.769. The van der Waals surface area contributed by atoms with Gasteiger partial charge in [-0.15, -0.1) is 0 Å². The van der Waals surface area contributed by atoms with Gasteiger partial charge in [-0.2, -0.15) is 0 Å². The topological polar surface area (TPSA) is 43.8 Å². The number of aliphatic hydroxyl groups is 1.